The number of nitrogens with two attached hydrogens (primary N) is 1. The van der Waals surface area contributed by atoms with Gasteiger partial charge in [0, 0.05) is 6.54 Å². The van der Waals surface area contributed by atoms with Gasteiger partial charge in [-0.25, -0.2) is 0 Å². The minimum Gasteiger partial charge on any atom is -0.355 e. The predicted molar refractivity (Wildman–Crippen MR) is 86.9 cm³/mol. The van der Waals surface area contributed by atoms with E-state index in [1.165, 1.54) is 37.7 Å². The maximum atomic E-state index is 11.9. The van der Waals surface area contributed by atoms with Gasteiger partial charge in [-0.1, -0.05) is 56.0 Å². The first-order chi connectivity index (χ1) is 10.3. The number of aryl methyl sites for hydroxylation is 1. The zero-order chi connectivity index (χ0) is 14.9. The van der Waals surface area contributed by atoms with Crippen LogP contribution in [0.4, 0.5) is 0 Å². The molecule has 1 aliphatic rings. The molecule has 116 valence electrons. The molecule has 1 fully saturated rings. The maximum absolute atomic E-state index is 11.9. The van der Waals surface area contributed by atoms with Crippen LogP contribution in [-0.4, -0.2) is 18.5 Å². The van der Waals surface area contributed by atoms with Crippen molar-refractivity contribution in [1.82, 2.24) is 5.32 Å². The molecule has 3 nitrogen and oxygen atoms in total. The molecule has 1 aromatic rings. The Labute approximate surface area is 128 Å². The second-order valence-electron chi connectivity index (χ2n) is 6.21. The number of nitrogens with one attached hydrogen (secondary N) is 1. The number of amides is 1. The third-order valence-electron chi connectivity index (χ3n) is 4.49. The van der Waals surface area contributed by atoms with Crippen molar-refractivity contribution in [1.29, 1.82) is 0 Å². The van der Waals surface area contributed by atoms with E-state index in [0.29, 0.717) is 6.42 Å². The third kappa shape index (κ3) is 5.88. The zero-order valence-corrected chi connectivity index (χ0v) is 12.9. The van der Waals surface area contributed by atoms with E-state index >= 15 is 0 Å². The van der Waals surface area contributed by atoms with E-state index in [2.05, 4.69) is 17.4 Å². The molecule has 0 unspecified atom stereocenters. The first-order valence-corrected chi connectivity index (χ1v) is 8.33. The summed E-state index contributed by atoms with van der Waals surface area (Å²) < 4.78 is 0. The molecule has 1 aromatic carbocycles. The third-order valence-corrected chi connectivity index (χ3v) is 4.49. The number of benzene rings is 1. The molecule has 0 heterocycles. The number of carbonyl (C=O) groups excluding carboxylic acids is 1. The molecule has 3 N–H and O–H groups in total. The van der Waals surface area contributed by atoms with Crippen molar-refractivity contribution in [2.24, 2.45) is 11.7 Å². The van der Waals surface area contributed by atoms with E-state index in [0.717, 1.165) is 25.3 Å². The van der Waals surface area contributed by atoms with Crippen molar-refractivity contribution in [3.63, 3.8) is 0 Å². The van der Waals surface area contributed by atoms with E-state index in [1.54, 1.807) is 0 Å². The standard InChI is InChI=1S/C18H28N2O/c19-17(13-12-16-7-2-1-3-8-16)18(21)20-14-6-11-15-9-4-5-10-15/h1-3,7-8,15,17H,4-6,9-14,19H2,(H,20,21)/t17-/m0/s1. The Morgan fingerprint density at radius 2 is 1.95 bits per heavy atom. The van der Waals surface area contributed by atoms with Crippen molar-refractivity contribution in [2.75, 3.05) is 6.54 Å². The molecule has 3 heteroatoms. The molecule has 21 heavy (non-hydrogen) atoms. The van der Waals surface area contributed by atoms with Gasteiger partial charge in [-0.05, 0) is 37.2 Å². The summed E-state index contributed by atoms with van der Waals surface area (Å²) in [6.07, 6.45) is 9.44. The number of carbonyl (C=O) groups is 1. The summed E-state index contributed by atoms with van der Waals surface area (Å²) in [6.45, 7) is 0.772. The smallest absolute Gasteiger partial charge is 0.236 e. The van der Waals surface area contributed by atoms with Crippen molar-refractivity contribution in [3.05, 3.63) is 35.9 Å². The number of hydrogen-bond acceptors (Lipinski definition) is 2. The van der Waals surface area contributed by atoms with Crippen LogP contribution in [0.15, 0.2) is 30.3 Å². The molecule has 2 rings (SSSR count). The van der Waals surface area contributed by atoms with Crippen LogP contribution in [-0.2, 0) is 11.2 Å². The van der Waals surface area contributed by atoms with Gasteiger partial charge >= 0.3 is 0 Å². The fourth-order valence-corrected chi connectivity index (χ4v) is 3.13. The molecular formula is C18H28N2O. The van der Waals surface area contributed by atoms with Gasteiger partial charge in [-0.15, -0.1) is 0 Å². The molecule has 0 aromatic heterocycles. The lowest BCUT2D eigenvalue weighted by Crippen LogP contribution is -2.41. The van der Waals surface area contributed by atoms with E-state index < -0.39 is 6.04 Å². The highest BCUT2D eigenvalue weighted by molar-refractivity contribution is 5.81. The lowest BCUT2D eigenvalue weighted by atomic mass is 10.0. The lowest BCUT2D eigenvalue weighted by molar-refractivity contribution is -0.122. The largest absolute Gasteiger partial charge is 0.355 e. The van der Waals surface area contributed by atoms with Gasteiger partial charge in [-0.2, -0.15) is 0 Å². The van der Waals surface area contributed by atoms with Gasteiger partial charge < -0.3 is 11.1 Å². The number of rotatable bonds is 8. The lowest BCUT2D eigenvalue weighted by Gasteiger charge is -2.13. The number of hydrogen-bond donors (Lipinski definition) is 2. The van der Waals surface area contributed by atoms with Crippen LogP contribution in [0.2, 0.25) is 0 Å². The second kappa shape index (κ2) is 8.83. The van der Waals surface area contributed by atoms with Crippen LogP contribution >= 0.6 is 0 Å². The first kappa shape index (κ1) is 16.0. The highest BCUT2D eigenvalue weighted by atomic mass is 16.2. The van der Waals surface area contributed by atoms with Gasteiger partial charge in [-0.3, -0.25) is 4.79 Å². The molecular weight excluding hydrogens is 260 g/mol. The Morgan fingerprint density at radius 3 is 2.67 bits per heavy atom. The van der Waals surface area contributed by atoms with Crippen LogP contribution in [0.25, 0.3) is 0 Å². The van der Waals surface area contributed by atoms with Crippen LogP contribution in [0.3, 0.4) is 0 Å². The van der Waals surface area contributed by atoms with Gasteiger partial charge in [0.15, 0.2) is 0 Å². The van der Waals surface area contributed by atoms with E-state index in [9.17, 15) is 4.79 Å². The minimum atomic E-state index is -0.392. The molecule has 0 bridgehead atoms. The Hall–Kier alpha value is -1.35. The average molecular weight is 288 g/mol. The molecule has 0 saturated heterocycles. The monoisotopic (exact) mass is 288 g/mol. The van der Waals surface area contributed by atoms with E-state index in [-0.39, 0.29) is 5.91 Å². The van der Waals surface area contributed by atoms with E-state index in [4.69, 9.17) is 5.73 Å². The van der Waals surface area contributed by atoms with Crippen LogP contribution in [0.5, 0.6) is 0 Å². The summed E-state index contributed by atoms with van der Waals surface area (Å²) in [4.78, 5) is 11.9. The first-order valence-electron chi connectivity index (χ1n) is 8.33. The van der Waals surface area contributed by atoms with Crippen molar-refractivity contribution in [2.45, 2.75) is 57.4 Å². The van der Waals surface area contributed by atoms with Gasteiger partial charge in [0.2, 0.25) is 5.91 Å². The van der Waals surface area contributed by atoms with Gasteiger partial charge in [0.05, 0.1) is 6.04 Å². The SMILES string of the molecule is N[C@@H](CCc1ccccc1)C(=O)NCCCC1CCCC1. The quantitative estimate of drug-likeness (QED) is 0.722. The molecule has 1 amide bonds. The fourth-order valence-electron chi connectivity index (χ4n) is 3.13. The Balaban J connectivity index is 1.56. The molecule has 1 aliphatic carbocycles. The van der Waals surface area contributed by atoms with Crippen molar-refractivity contribution < 1.29 is 4.79 Å². The summed E-state index contributed by atoms with van der Waals surface area (Å²) in [6, 6.07) is 9.80. The summed E-state index contributed by atoms with van der Waals surface area (Å²) in [7, 11) is 0. The molecule has 1 atom stereocenters. The van der Waals surface area contributed by atoms with Crippen molar-refractivity contribution >= 4 is 5.91 Å². The fraction of sp³-hybridized carbons (Fsp3) is 0.611. The second-order valence-corrected chi connectivity index (χ2v) is 6.21. The van der Waals surface area contributed by atoms with Crippen LogP contribution < -0.4 is 11.1 Å². The normalized spacial score (nSPS) is 16.8. The molecule has 0 aliphatic heterocycles. The van der Waals surface area contributed by atoms with E-state index in [1.807, 2.05) is 18.2 Å². The summed E-state index contributed by atoms with van der Waals surface area (Å²) >= 11 is 0. The minimum absolute atomic E-state index is 0.00245. The zero-order valence-electron chi connectivity index (χ0n) is 12.9. The maximum Gasteiger partial charge on any atom is 0.236 e. The van der Waals surface area contributed by atoms with Gasteiger partial charge in [0.25, 0.3) is 0 Å². The molecule has 1 saturated carbocycles. The summed E-state index contributed by atoms with van der Waals surface area (Å²) in [5, 5.41) is 2.98. The predicted octanol–water partition coefficient (Wildman–Crippen LogP) is 3.03. The average Bonchev–Trinajstić information content (AvgIpc) is 3.03. The van der Waals surface area contributed by atoms with Crippen LogP contribution in [0.1, 0.15) is 50.5 Å². The van der Waals surface area contributed by atoms with Crippen LogP contribution in [0, 0.1) is 5.92 Å². The highest BCUT2D eigenvalue weighted by Gasteiger charge is 2.15. The highest BCUT2D eigenvalue weighted by Crippen LogP contribution is 2.28. The summed E-state index contributed by atoms with van der Waals surface area (Å²) in [5.74, 6) is 0.894. The van der Waals surface area contributed by atoms with Crippen molar-refractivity contribution in [3.8, 4) is 0 Å². The van der Waals surface area contributed by atoms with Gasteiger partial charge in [0.1, 0.15) is 0 Å². The summed E-state index contributed by atoms with van der Waals surface area (Å²) in [5.41, 5.74) is 7.20. The molecule has 0 spiro atoms. The topological polar surface area (TPSA) is 55.1 Å². The molecule has 0 radical (unpaired) electrons. The Bertz CT molecular complexity index is 412. The Kier molecular flexibility index (Phi) is 6.74. The Morgan fingerprint density at radius 1 is 1.24 bits per heavy atom.